The molecule has 0 saturated carbocycles. The lowest BCUT2D eigenvalue weighted by Gasteiger charge is -2.20. The second-order valence-electron chi connectivity index (χ2n) is 7.28. The molecule has 6 nitrogen and oxygen atoms in total. The van der Waals surface area contributed by atoms with E-state index in [-0.39, 0.29) is 12.5 Å². The maximum atomic E-state index is 12.5. The molecule has 3 heterocycles. The van der Waals surface area contributed by atoms with Crippen LogP contribution in [0.25, 0.3) is 0 Å². The van der Waals surface area contributed by atoms with Crippen LogP contribution in [0.15, 0.2) is 29.6 Å². The Morgan fingerprint density at radius 3 is 2.73 bits per heavy atom. The first-order valence-electron chi connectivity index (χ1n) is 8.56. The number of carbonyl (C=O) groups is 2. The Morgan fingerprint density at radius 1 is 1.27 bits per heavy atom. The summed E-state index contributed by atoms with van der Waals surface area (Å²) in [4.78, 5) is 29.4. The lowest BCUT2D eigenvalue weighted by molar-refractivity contribution is -0.160. The number of ether oxygens (including phenoxy) is 2. The molecule has 0 bridgehead atoms. The molecule has 7 heteroatoms. The topological polar surface area (TPSA) is 77.5 Å². The number of benzene rings is 1. The molecule has 2 saturated heterocycles. The van der Waals surface area contributed by atoms with Crippen molar-refractivity contribution >= 4 is 34.1 Å². The average Bonchev–Trinajstić information content (AvgIpc) is 3.22. The predicted octanol–water partition coefficient (Wildman–Crippen LogP) is 3.68. The summed E-state index contributed by atoms with van der Waals surface area (Å²) in [5, 5.41) is 5.89. The molecule has 2 aliphatic heterocycles. The fourth-order valence-electron chi connectivity index (χ4n) is 3.75. The summed E-state index contributed by atoms with van der Waals surface area (Å²) in [6.07, 6.45) is 0.347. The molecular formula is C19H20N2O4S. The van der Waals surface area contributed by atoms with Crippen LogP contribution in [0.2, 0.25) is 0 Å². The first-order valence-corrected chi connectivity index (χ1v) is 9.44. The molecular weight excluding hydrogens is 352 g/mol. The SMILES string of the molecule is Cc1ccccc1Nc1nc([C@@]2(C)C[C@]3(C[C@H](C)OC3=O)C(=O)O2)cs1. The van der Waals surface area contributed by atoms with Crippen molar-refractivity contribution in [2.24, 2.45) is 5.41 Å². The van der Waals surface area contributed by atoms with Crippen molar-refractivity contribution in [2.45, 2.75) is 45.3 Å². The first-order chi connectivity index (χ1) is 12.3. The zero-order chi connectivity index (χ0) is 18.5. The van der Waals surface area contributed by atoms with Gasteiger partial charge in [-0.3, -0.25) is 9.59 Å². The summed E-state index contributed by atoms with van der Waals surface area (Å²) in [5.74, 6) is -0.983. The Hall–Kier alpha value is -2.41. The monoisotopic (exact) mass is 372 g/mol. The quantitative estimate of drug-likeness (QED) is 0.654. The standard InChI is InChI=1S/C19H20N2O4S/c1-11-6-4-5-7-13(11)20-17-21-14(9-26-17)18(3)10-19(16(23)25-18)8-12(2)24-15(19)22/h4-7,9,12H,8,10H2,1-3H3,(H,20,21)/t12-,18+,19-/m0/s1. The normalized spacial score (nSPS) is 30.5. The van der Waals surface area contributed by atoms with E-state index in [0.717, 1.165) is 16.4 Å². The zero-order valence-electron chi connectivity index (χ0n) is 14.9. The number of aryl methyl sites for hydroxylation is 1. The highest BCUT2D eigenvalue weighted by atomic mass is 32.1. The molecule has 1 aromatic carbocycles. The van der Waals surface area contributed by atoms with Crippen LogP contribution < -0.4 is 5.32 Å². The van der Waals surface area contributed by atoms with E-state index in [9.17, 15) is 9.59 Å². The van der Waals surface area contributed by atoms with Crippen molar-refractivity contribution in [1.29, 1.82) is 0 Å². The number of cyclic esters (lactones) is 2. The van der Waals surface area contributed by atoms with Crippen molar-refractivity contribution in [3.8, 4) is 0 Å². The Morgan fingerprint density at radius 2 is 2.04 bits per heavy atom. The minimum Gasteiger partial charge on any atom is -0.462 e. The summed E-state index contributed by atoms with van der Waals surface area (Å²) in [5.41, 5.74) is 0.621. The van der Waals surface area contributed by atoms with Crippen LogP contribution in [0.1, 0.15) is 37.9 Å². The fraction of sp³-hybridized carbons (Fsp3) is 0.421. The Labute approximate surface area is 155 Å². The molecule has 2 fully saturated rings. The van der Waals surface area contributed by atoms with Crippen LogP contribution >= 0.6 is 11.3 Å². The van der Waals surface area contributed by atoms with Gasteiger partial charge in [0, 0.05) is 23.9 Å². The molecule has 0 aliphatic carbocycles. The number of anilines is 2. The van der Waals surface area contributed by atoms with Crippen LogP contribution in [-0.2, 0) is 24.7 Å². The number of carbonyl (C=O) groups excluding carboxylic acids is 2. The average molecular weight is 372 g/mol. The van der Waals surface area contributed by atoms with Crippen molar-refractivity contribution in [1.82, 2.24) is 4.98 Å². The van der Waals surface area contributed by atoms with Crippen molar-refractivity contribution in [2.75, 3.05) is 5.32 Å². The number of thiazole rings is 1. The number of hydrogen-bond acceptors (Lipinski definition) is 7. The Balaban J connectivity index is 1.59. The number of rotatable bonds is 3. The van der Waals surface area contributed by atoms with E-state index in [2.05, 4.69) is 10.3 Å². The van der Waals surface area contributed by atoms with Gasteiger partial charge in [-0.05, 0) is 32.4 Å². The highest BCUT2D eigenvalue weighted by Crippen LogP contribution is 2.52. The third-order valence-electron chi connectivity index (χ3n) is 5.12. The molecule has 0 amide bonds. The van der Waals surface area contributed by atoms with Gasteiger partial charge in [0.2, 0.25) is 0 Å². The highest BCUT2D eigenvalue weighted by Gasteiger charge is 2.65. The van der Waals surface area contributed by atoms with Gasteiger partial charge < -0.3 is 14.8 Å². The smallest absolute Gasteiger partial charge is 0.324 e. The summed E-state index contributed by atoms with van der Waals surface area (Å²) >= 11 is 1.44. The van der Waals surface area contributed by atoms with E-state index in [1.165, 1.54) is 11.3 Å². The van der Waals surface area contributed by atoms with E-state index in [1.807, 2.05) is 43.5 Å². The number of hydrogen-bond donors (Lipinski definition) is 1. The first kappa shape index (κ1) is 17.0. The van der Waals surface area contributed by atoms with Crippen LogP contribution in [0.3, 0.4) is 0 Å². The third kappa shape index (κ3) is 2.58. The molecule has 26 heavy (non-hydrogen) atoms. The molecule has 0 radical (unpaired) electrons. The maximum Gasteiger partial charge on any atom is 0.324 e. The van der Waals surface area contributed by atoms with Crippen LogP contribution in [0.4, 0.5) is 10.8 Å². The van der Waals surface area contributed by atoms with Gasteiger partial charge in [-0.25, -0.2) is 4.98 Å². The zero-order valence-corrected chi connectivity index (χ0v) is 15.7. The van der Waals surface area contributed by atoms with Gasteiger partial charge in [-0.15, -0.1) is 11.3 Å². The second-order valence-corrected chi connectivity index (χ2v) is 8.14. The largest absolute Gasteiger partial charge is 0.462 e. The molecule has 4 rings (SSSR count). The third-order valence-corrected chi connectivity index (χ3v) is 5.87. The number of aromatic nitrogens is 1. The van der Waals surface area contributed by atoms with Gasteiger partial charge in [0.05, 0.1) is 5.69 Å². The van der Waals surface area contributed by atoms with Gasteiger partial charge in [-0.1, -0.05) is 18.2 Å². The number of nitrogens with one attached hydrogen (secondary N) is 1. The lowest BCUT2D eigenvalue weighted by atomic mass is 9.78. The van der Waals surface area contributed by atoms with Gasteiger partial charge in [-0.2, -0.15) is 0 Å². The number of para-hydroxylation sites is 1. The fourth-order valence-corrected chi connectivity index (χ4v) is 4.60. The minimum atomic E-state index is -1.19. The summed E-state index contributed by atoms with van der Waals surface area (Å²) in [6.45, 7) is 5.62. The van der Waals surface area contributed by atoms with E-state index in [0.29, 0.717) is 12.1 Å². The number of nitrogens with zero attached hydrogens (tertiary/aromatic N) is 1. The van der Waals surface area contributed by atoms with Crippen LogP contribution in [-0.4, -0.2) is 23.0 Å². The van der Waals surface area contributed by atoms with Gasteiger partial charge in [0.1, 0.15) is 6.10 Å². The predicted molar refractivity (Wildman–Crippen MR) is 97.2 cm³/mol. The summed E-state index contributed by atoms with van der Waals surface area (Å²) in [6, 6.07) is 7.95. The van der Waals surface area contributed by atoms with E-state index >= 15 is 0 Å². The molecule has 1 spiro atoms. The summed E-state index contributed by atoms with van der Waals surface area (Å²) < 4.78 is 10.9. The molecule has 0 unspecified atom stereocenters. The second kappa shape index (κ2) is 5.81. The van der Waals surface area contributed by atoms with Crippen LogP contribution in [0.5, 0.6) is 0 Å². The van der Waals surface area contributed by atoms with Crippen molar-refractivity contribution in [3.63, 3.8) is 0 Å². The summed E-state index contributed by atoms with van der Waals surface area (Å²) in [7, 11) is 0. The van der Waals surface area contributed by atoms with Crippen molar-refractivity contribution in [3.05, 3.63) is 40.9 Å². The highest BCUT2D eigenvalue weighted by molar-refractivity contribution is 7.13. The maximum absolute atomic E-state index is 12.5. The van der Waals surface area contributed by atoms with Crippen LogP contribution in [0, 0.1) is 12.3 Å². The van der Waals surface area contributed by atoms with Gasteiger partial charge >= 0.3 is 11.9 Å². The van der Waals surface area contributed by atoms with Crippen molar-refractivity contribution < 1.29 is 19.1 Å². The van der Waals surface area contributed by atoms with E-state index in [4.69, 9.17) is 9.47 Å². The minimum absolute atomic E-state index is 0.259. The molecule has 136 valence electrons. The van der Waals surface area contributed by atoms with E-state index < -0.39 is 23.0 Å². The number of esters is 2. The van der Waals surface area contributed by atoms with Gasteiger partial charge in [0.25, 0.3) is 0 Å². The molecule has 1 aromatic heterocycles. The lowest BCUT2D eigenvalue weighted by Crippen LogP contribution is -2.31. The molecule has 2 aromatic rings. The Kier molecular flexibility index (Phi) is 3.80. The molecule has 2 aliphatic rings. The molecule has 1 N–H and O–H groups in total. The van der Waals surface area contributed by atoms with Gasteiger partial charge in [0.15, 0.2) is 16.1 Å². The Bertz CT molecular complexity index is 895. The molecule has 3 atom stereocenters. The van der Waals surface area contributed by atoms with E-state index in [1.54, 1.807) is 6.92 Å².